The van der Waals surface area contributed by atoms with Crippen molar-refractivity contribution in [1.82, 2.24) is 10.2 Å². The standard InChI is InChI=1S/C22H40N2O4/c1-27-15-10-20-19(9-7-13-23-20)21(26)24-14-6-3-8-18(24)16-28-22(17-25)11-4-2-5-12-22/h17-21,23,26H,2-16H2,1H3. The first kappa shape index (κ1) is 22.2. The van der Waals surface area contributed by atoms with Gasteiger partial charge in [0.1, 0.15) is 11.8 Å². The number of methoxy groups -OCH3 is 1. The number of aldehydes is 1. The van der Waals surface area contributed by atoms with Crippen LogP contribution in [0.3, 0.4) is 0 Å². The van der Waals surface area contributed by atoms with E-state index in [4.69, 9.17) is 9.47 Å². The van der Waals surface area contributed by atoms with E-state index in [9.17, 15) is 9.90 Å². The number of nitrogens with zero attached hydrogens (tertiary/aromatic N) is 1. The Morgan fingerprint density at radius 2 is 2.00 bits per heavy atom. The minimum Gasteiger partial charge on any atom is -0.385 e. The molecule has 6 heteroatoms. The number of carbonyl (C=O) groups is 1. The Morgan fingerprint density at radius 3 is 2.75 bits per heavy atom. The molecule has 3 fully saturated rings. The number of aliphatic hydroxyl groups is 1. The van der Waals surface area contributed by atoms with Gasteiger partial charge in [-0.1, -0.05) is 25.7 Å². The highest BCUT2D eigenvalue weighted by atomic mass is 16.5. The van der Waals surface area contributed by atoms with Crippen LogP contribution in [0.2, 0.25) is 0 Å². The van der Waals surface area contributed by atoms with Gasteiger partial charge in [-0.3, -0.25) is 4.90 Å². The first-order chi connectivity index (χ1) is 13.7. The monoisotopic (exact) mass is 396 g/mol. The summed E-state index contributed by atoms with van der Waals surface area (Å²) in [5, 5.41) is 14.9. The molecule has 1 saturated carbocycles. The van der Waals surface area contributed by atoms with E-state index in [1.54, 1.807) is 7.11 Å². The number of piperidine rings is 2. The number of likely N-dealkylation sites (tertiary alicyclic amines) is 1. The molecule has 0 aromatic rings. The maximum Gasteiger partial charge on any atom is 0.151 e. The van der Waals surface area contributed by atoms with Gasteiger partial charge >= 0.3 is 0 Å². The maximum atomic E-state index is 11.8. The Balaban J connectivity index is 1.61. The third-order valence-electron chi connectivity index (χ3n) is 7.14. The van der Waals surface area contributed by atoms with Gasteiger partial charge in [0.15, 0.2) is 6.29 Å². The average molecular weight is 397 g/mol. The largest absolute Gasteiger partial charge is 0.385 e. The molecule has 6 nitrogen and oxygen atoms in total. The van der Waals surface area contributed by atoms with Crippen LogP contribution in [0.4, 0.5) is 0 Å². The van der Waals surface area contributed by atoms with Gasteiger partial charge in [0.25, 0.3) is 0 Å². The van der Waals surface area contributed by atoms with Gasteiger partial charge in [-0.05, 0) is 51.5 Å². The molecule has 2 N–H and O–H groups in total. The minimum absolute atomic E-state index is 0.201. The number of carbonyl (C=O) groups excluding carboxylic acids is 1. The smallest absolute Gasteiger partial charge is 0.151 e. The molecule has 0 amide bonds. The molecule has 4 atom stereocenters. The number of ether oxygens (including phenoxy) is 2. The summed E-state index contributed by atoms with van der Waals surface area (Å²) in [5.74, 6) is 0.221. The van der Waals surface area contributed by atoms with E-state index in [0.717, 1.165) is 83.8 Å². The van der Waals surface area contributed by atoms with Crippen molar-refractivity contribution >= 4 is 6.29 Å². The third-order valence-corrected chi connectivity index (χ3v) is 7.14. The van der Waals surface area contributed by atoms with Gasteiger partial charge in [0.2, 0.25) is 0 Å². The first-order valence-corrected chi connectivity index (χ1v) is 11.5. The topological polar surface area (TPSA) is 71.0 Å². The number of aliphatic hydroxyl groups excluding tert-OH is 1. The van der Waals surface area contributed by atoms with E-state index in [1.165, 1.54) is 12.8 Å². The summed E-state index contributed by atoms with van der Waals surface area (Å²) in [6, 6.07) is 0.499. The van der Waals surface area contributed by atoms with Crippen molar-refractivity contribution in [1.29, 1.82) is 0 Å². The summed E-state index contributed by atoms with van der Waals surface area (Å²) in [5.41, 5.74) is -0.584. The quantitative estimate of drug-likeness (QED) is 0.584. The van der Waals surface area contributed by atoms with Crippen LogP contribution in [-0.4, -0.2) is 73.6 Å². The molecule has 3 rings (SSSR count). The highest BCUT2D eigenvalue weighted by molar-refractivity contribution is 5.62. The lowest BCUT2D eigenvalue weighted by atomic mass is 9.85. The molecule has 4 unspecified atom stereocenters. The fourth-order valence-corrected chi connectivity index (χ4v) is 5.40. The number of hydrogen-bond acceptors (Lipinski definition) is 6. The van der Waals surface area contributed by atoms with Crippen molar-refractivity contribution in [3.05, 3.63) is 0 Å². The normalized spacial score (nSPS) is 32.7. The molecular weight excluding hydrogens is 356 g/mol. The van der Waals surface area contributed by atoms with Gasteiger partial charge in [0.05, 0.1) is 6.61 Å². The molecule has 0 aromatic heterocycles. The molecular formula is C22H40N2O4. The first-order valence-electron chi connectivity index (χ1n) is 11.5. The van der Waals surface area contributed by atoms with Crippen LogP contribution in [-0.2, 0) is 14.3 Å². The predicted octanol–water partition coefficient (Wildman–Crippen LogP) is 2.48. The zero-order valence-corrected chi connectivity index (χ0v) is 17.6. The van der Waals surface area contributed by atoms with Crippen LogP contribution in [0.25, 0.3) is 0 Å². The van der Waals surface area contributed by atoms with Crippen LogP contribution >= 0.6 is 0 Å². The van der Waals surface area contributed by atoms with Crippen molar-refractivity contribution in [2.45, 2.75) is 94.5 Å². The van der Waals surface area contributed by atoms with Gasteiger partial charge in [0, 0.05) is 38.3 Å². The summed E-state index contributed by atoms with van der Waals surface area (Å²) >= 11 is 0. The maximum absolute atomic E-state index is 11.8. The van der Waals surface area contributed by atoms with E-state index >= 15 is 0 Å². The summed E-state index contributed by atoms with van der Waals surface area (Å²) in [7, 11) is 1.74. The second-order valence-electron chi connectivity index (χ2n) is 9.00. The Morgan fingerprint density at radius 1 is 1.18 bits per heavy atom. The average Bonchev–Trinajstić information content (AvgIpc) is 2.77. The van der Waals surface area contributed by atoms with Gasteiger partial charge in [-0.2, -0.15) is 0 Å². The number of hydrogen-bond donors (Lipinski definition) is 2. The molecule has 3 aliphatic rings. The molecule has 0 spiro atoms. The Bertz CT molecular complexity index is 469. The van der Waals surface area contributed by atoms with Crippen LogP contribution in [0.15, 0.2) is 0 Å². The zero-order chi connectivity index (χ0) is 19.8. The number of rotatable bonds is 9. The van der Waals surface area contributed by atoms with Crippen molar-refractivity contribution in [3.8, 4) is 0 Å². The van der Waals surface area contributed by atoms with Crippen LogP contribution in [0.1, 0.15) is 70.6 Å². The summed E-state index contributed by atoms with van der Waals surface area (Å²) < 4.78 is 11.5. The van der Waals surface area contributed by atoms with Crippen molar-refractivity contribution in [3.63, 3.8) is 0 Å². The lowest BCUT2D eigenvalue weighted by Crippen LogP contribution is -2.57. The molecule has 28 heavy (non-hydrogen) atoms. The van der Waals surface area contributed by atoms with E-state index in [1.807, 2.05) is 0 Å². The summed E-state index contributed by atoms with van der Waals surface area (Å²) in [6.45, 7) is 3.21. The van der Waals surface area contributed by atoms with Gasteiger partial charge in [-0.25, -0.2) is 0 Å². The predicted molar refractivity (Wildman–Crippen MR) is 109 cm³/mol. The highest BCUT2D eigenvalue weighted by Gasteiger charge is 2.39. The molecule has 1 aliphatic carbocycles. The number of nitrogens with one attached hydrogen (secondary N) is 1. The van der Waals surface area contributed by atoms with Crippen LogP contribution < -0.4 is 5.32 Å². The second kappa shape index (κ2) is 11.0. The molecule has 2 saturated heterocycles. The fraction of sp³-hybridized carbons (Fsp3) is 0.955. The molecule has 0 radical (unpaired) electrons. The molecule has 0 aromatic carbocycles. The van der Waals surface area contributed by atoms with Crippen molar-refractivity contribution < 1.29 is 19.4 Å². The zero-order valence-electron chi connectivity index (χ0n) is 17.6. The van der Waals surface area contributed by atoms with Crippen LogP contribution in [0, 0.1) is 5.92 Å². The third kappa shape index (κ3) is 5.54. The van der Waals surface area contributed by atoms with Crippen molar-refractivity contribution in [2.75, 3.05) is 33.4 Å². The van der Waals surface area contributed by atoms with E-state index in [-0.39, 0.29) is 12.0 Å². The van der Waals surface area contributed by atoms with E-state index < -0.39 is 11.8 Å². The summed E-state index contributed by atoms with van der Waals surface area (Å²) in [6.07, 6.45) is 12.0. The second-order valence-corrected chi connectivity index (χ2v) is 9.00. The summed E-state index contributed by atoms with van der Waals surface area (Å²) in [4.78, 5) is 14.0. The van der Waals surface area contributed by atoms with Gasteiger partial charge in [-0.15, -0.1) is 0 Å². The molecule has 162 valence electrons. The fourth-order valence-electron chi connectivity index (χ4n) is 5.40. The molecule has 2 heterocycles. The van der Waals surface area contributed by atoms with Gasteiger partial charge < -0.3 is 24.7 Å². The highest BCUT2D eigenvalue weighted by Crippen LogP contribution is 2.33. The van der Waals surface area contributed by atoms with E-state index in [0.29, 0.717) is 12.6 Å². The molecule has 2 aliphatic heterocycles. The van der Waals surface area contributed by atoms with E-state index in [2.05, 4.69) is 10.2 Å². The van der Waals surface area contributed by atoms with Crippen molar-refractivity contribution in [2.24, 2.45) is 5.92 Å². The SMILES string of the molecule is COCCC1NCCCC1C(O)N1CCCCC1COC1(C=O)CCCCC1. The molecule has 0 bridgehead atoms. The Labute approximate surface area is 170 Å². The minimum atomic E-state index is -0.584. The Hall–Kier alpha value is -0.530. The Kier molecular flexibility index (Phi) is 8.72. The lowest BCUT2D eigenvalue weighted by molar-refractivity contribution is -0.150. The lowest BCUT2D eigenvalue weighted by Gasteiger charge is -2.46. The van der Waals surface area contributed by atoms with Crippen LogP contribution in [0.5, 0.6) is 0 Å².